The summed E-state index contributed by atoms with van der Waals surface area (Å²) in [6, 6.07) is 15.6. The van der Waals surface area contributed by atoms with Gasteiger partial charge >= 0.3 is 0 Å². The number of thiophene rings is 1. The summed E-state index contributed by atoms with van der Waals surface area (Å²) in [5.41, 5.74) is 0.815. The van der Waals surface area contributed by atoms with Crippen LogP contribution in [0.3, 0.4) is 0 Å². The number of carbonyl (C=O) groups is 1. The Morgan fingerprint density at radius 1 is 1.03 bits per heavy atom. The molecule has 0 aliphatic carbocycles. The molecule has 1 N–H and O–H groups in total. The van der Waals surface area contributed by atoms with Gasteiger partial charge in [-0.2, -0.15) is 4.31 Å². The van der Waals surface area contributed by atoms with Gasteiger partial charge in [-0.3, -0.25) is 9.10 Å². The molecule has 0 spiro atoms. The molecule has 1 fully saturated rings. The number of nitrogens with one attached hydrogen (secondary N) is 1. The third kappa shape index (κ3) is 6.30. The van der Waals surface area contributed by atoms with Gasteiger partial charge in [-0.15, -0.1) is 11.3 Å². The second-order valence-electron chi connectivity index (χ2n) is 8.04. The fourth-order valence-electron chi connectivity index (χ4n) is 3.59. The first kappa shape index (κ1) is 27.1. The quantitative estimate of drug-likeness (QED) is 0.375. The van der Waals surface area contributed by atoms with Crippen molar-refractivity contribution in [2.75, 3.05) is 50.8 Å². The Balaban J connectivity index is 1.26. The molecule has 1 aliphatic rings. The van der Waals surface area contributed by atoms with Crippen LogP contribution in [0, 0.1) is 0 Å². The Bertz CT molecular complexity index is 1400. The number of anilines is 1. The van der Waals surface area contributed by atoms with E-state index in [1.54, 1.807) is 53.9 Å². The highest BCUT2D eigenvalue weighted by Crippen LogP contribution is 2.25. The molecule has 10 nitrogen and oxygen atoms in total. The van der Waals surface area contributed by atoms with Gasteiger partial charge in [0.1, 0.15) is 16.6 Å². The molecule has 198 valence electrons. The number of ether oxygens (including phenoxy) is 2. The second-order valence-corrected chi connectivity index (χ2v) is 13.1. The summed E-state index contributed by atoms with van der Waals surface area (Å²) in [5, 5.41) is 4.44. The number of nitrogens with zero attached hydrogens (tertiary/aromatic N) is 2. The minimum Gasteiger partial charge on any atom is -0.492 e. The first-order chi connectivity index (χ1) is 17.7. The smallest absolute Gasteiger partial charge is 0.273 e. The molecule has 1 saturated heterocycles. The lowest BCUT2D eigenvalue weighted by Crippen LogP contribution is -2.40. The second kappa shape index (κ2) is 11.6. The van der Waals surface area contributed by atoms with Crippen molar-refractivity contribution in [3.8, 4) is 5.75 Å². The van der Waals surface area contributed by atoms with Crippen LogP contribution in [0.4, 0.5) is 5.69 Å². The molecule has 1 aromatic heterocycles. The summed E-state index contributed by atoms with van der Waals surface area (Å²) < 4.78 is 64.3. The molecule has 0 saturated carbocycles. The van der Waals surface area contributed by atoms with Gasteiger partial charge in [-0.1, -0.05) is 6.07 Å². The van der Waals surface area contributed by atoms with E-state index in [2.05, 4.69) is 5.32 Å². The normalized spacial score (nSPS) is 14.7. The molecule has 2 aromatic carbocycles. The van der Waals surface area contributed by atoms with Crippen LogP contribution in [0.2, 0.25) is 0 Å². The number of morpholine rings is 1. The van der Waals surface area contributed by atoms with Crippen molar-refractivity contribution in [1.29, 1.82) is 0 Å². The number of rotatable bonds is 10. The molecule has 3 aromatic rings. The van der Waals surface area contributed by atoms with E-state index in [0.717, 1.165) is 11.3 Å². The minimum atomic E-state index is -3.65. The molecular formula is C24H27N3O7S3. The number of amides is 1. The van der Waals surface area contributed by atoms with Gasteiger partial charge in [0.15, 0.2) is 0 Å². The summed E-state index contributed by atoms with van der Waals surface area (Å²) in [6.45, 7) is 1.82. The monoisotopic (exact) mass is 565 g/mol. The zero-order chi connectivity index (χ0) is 26.5. The predicted molar refractivity (Wildman–Crippen MR) is 140 cm³/mol. The number of carbonyl (C=O) groups excluding carboxylic acids is 1. The van der Waals surface area contributed by atoms with Crippen LogP contribution in [0.5, 0.6) is 5.75 Å². The Morgan fingerprint density at radius 2 is 1.70 bits per heavy atom. The Morgan fingerprint density at radius 3 is 2.32 bits per heavy atom. The molecule has 4 rings (SSSR count). The van der Waals surface area contributed by atoms with Gasteiger partial charge in [0.05, 0.1) is 30.3 Å². The van der Waals surface area contributed by atoms with Crippen molar-refractivity contribution in [1.82, 2.24) is 9.62 Å². The number of benzene rings is 2. The maximum absolute atomic E-state index is 12.7. The topological polar surface area (TPSA) is 122 Å². The van der Waals surface area contributed by atoms with Gasteiger partial charge in [-0.25, -0.2) is 16.8 Å². The maximum Gasteiger partial charge on any atom is 0.273 e. The van der Waals surface area contributed by atoms with Crippen molar-refractivity contribution in [2.24, 2.45) is 0 Å². The van der Waals surface area contributed by atoms with E-state index in [4.69, 9.17) is 9.47 Å². The first-order valence-corrected chi connectivity index (χ1v) is 15.2. The molecule has 37 heavy (non-hydrogen) atoms. The molecule has 0 atom stereocenters. The summed E-state index contributed by atoms with van der Waals surface area (Å²) in [6.07, 6.45) is 0. The Hall–Kier alpha value is -2.97. The largest absolute Gasteiger partial charge is 0.492 e. The number of sulfonamides is 2. The highest BCUT2D eigenvalue weighted by Gasteiger charge is 2.26. The summed E-state index contributed by atoms with van der Waals surface area (Å²) in [5.74, 6) is 0.153. The molecule has 1 aliphatic heterocycles. The highest BCUT2D eigenvalue weighted by atomic mass is 32.2. The first-order valence-electron chi connectivity index (χ1n) is 11.4. The van der Waals surface area contributed by atoms with Crippen molar-refractivity contribution in [3.05, 3.63) is 71.6 Å². The van der Waals surface area contributed by atoms with E-state index in [1.165, 1.54) is 27.8 Å². The summed E-state index contributed by atoms with van der Waals surface area (Å²) >= 11 is 1.14. The van der Waals surface area contributed by atoms with Gasteiger partial charge < -0.3 is 14.8 Å². The van der Waals surface area contributed by atoms with Crippen molar-refractivity contribution >= 4 is 43.0 Å². The number of hydrogen-bond donors (Lipinski definition) is 1. The van der Waals surface area contributed by atoms with E-state index >= 15 is 0 Å². The lowest BCUT2D eigenvalue weighted by molar-refractivity contribution is 0.0730. The maximum atomic E-state index is 12.7. The summed E-state index contributed by atoms with van der Waals surface area (Å²) in [7, 11) is -5.75. The zero-order valence-corrected chi connectivity index (χ0v) is 22.5. The van der Waals surface area contributed by atoms with Gasteiger partial charge in [0.2, 0.25) is 10.0 Å². The van der Waals surface area contributed by atoms with Gasteiger partial charge in [0, 0.05) is 25.7 Å². The average molecular weight is 566 g/mol. The zero-order valence-electron chi connectivity index (χ0n) is 20.1. The fraction of sp³-hybridized carbons (Fsp3) is 0.292. The fourth-order valence-corrected chi connectivity index (χ4v) is 7.35. The van der Waals surface area contributed by atoms with Gasteiger partial charge in [-0.05, 0) is 60.0 Å². The average Bonchev–Trinajstić information content (AvgIpc) is 3.48. The van der Waals surface area contributed by atoms with Crippen molar-refractivity contribution in [3.63, 3.8) is 0 Å². The van der Waals surface area contributed by atoms with Crippen molar-refractivity contribution in [2.45, 2.75) is 9.10 Å². The van der Waals surface area contributed by atoms with E-state index in [9.17, 15) is 21.6 Å². The van der Waals surface area contributed by atoms with E-state index in [0.29, 0.717) is 43.3 Å². The van der Waals surface area contributed by atoms with Crippen LogP contribution in [-0.4, -0.2) is 73.6 Å². The van der Waals surface area contributed by atoms with Gasteiger partial charge in [0.25, 0.3) is 15.9 Å². The Kier molecular flexibility index (Phi) is 8.49. The Labute approximate surface area is 220 Å². The molecule has 0 radical (unpaired) electrons. The van der Waals surface area contributed by atoms with Crippen LogP contribution in [-0.2, 0) is 24.8 Å². The van der Waals surface area contributed by atoms with Crippen LogP contribution < -0.4 is 14.4 Å². The van der Waals surface area contributed by atoms with Crippen LogP contribution in [0.1, 0.15) is 10.4 Å². The van der Waals surface area contributed by atoms with E-state index < -0.39 is 20.0 Å². The lowest BCUT2D eigenvalue weighted by Gasteiger charge is -2.26. The molecular weight excluding hydrogens is 538 g/mol. The van der Waals surface area contributed by atoms with E-state index in [-0.39, 0.29) is 28.2 Å². The van der Waals surface area contributed by atoms with Crippen LogP contribution in [0.15, 0.2) is 75.1 Å². The number of hydrogen-bond acceptors (Lipinski definition) is 8. The third-order valence-corrected chi connectivity index (χ3v) is 10.8. The predicted octanol–water partition coefficient (Wildman–Crippen LogP) is 2.40. The lowest BCUT2D eigenvalue weighted by atomic mass is 10.2. The SMILES string of the molecule is CN(c1ccc(C(=O)NCCOc2ccc(S(=O)(=O)N3CCOCC3)cc2)cc1)S(=O)(=O)c1cccs1. The summed E-state index contributed by atoms with van der Waals surface area (Å²) in [4.78, 5) is 12.6. The molecule has 2 heterocycles. The molecule has 13 heteroatoms. The van der Waals surface area contributed by atoms with Crippen LogP contribution >= 0.6 is 11.3 Å². The highest BCUT2D eigenvalue weighted by molar-refractivity contribution is 7.94. The third-order valence-electron chi connectivity index (χ3n) is 5.69. The molecule has 1 amide bonds. The van der Waals surface area contributed by atoms with E-state index in [1.807, 2.05) is 0 Å². The standard InChI is InChI=1S/C24H27N3O7S3/c1-26(37(31,32)23-3-2-18-35-23)20-6-4-19(5-7-20)24(28)25-12-15-34-21-8-10-22(11-9-21)36(29,30)27-13-16-33-17-14-27/h2-11,18H,12-17H2,1H3,(H,25,28). The molecule has 0 unspecified atom stereocenters. The van der Waals surface area contributed by atoms with Crippen LogP contribution in [0.25, 0.3) is 0 Å². The minimum absolute atomic E-state index is 0.182. The van der Waals surface area contributed by atoms with Crippen molar-refractivity contribution < 1.29 is 31.1 Å². The molecule has 0 bridgehead atoms.